The third kappa shape index (κ3) is 4.32. The summed E-state index contributed by atoms with van der Waals surface area (Å²) in [6, 6.07) is 3.81. The van der Waals surface area contributed by atoms with Crippen molar-refractivity contribution in [1.29, 1.82) is 0 Å². The van der Waals surface area contributed by atoms with Gasteiger partial charge in [-0.05, 0) is 31.0 Å². The van der Waals surface area contributed by atoms with E-state index in [0.29, 0.717) is 5.56 Å². The quantitative estimate of drug-likeness (QED) is 0.642. The van der Waals surface area contributed by atoms with Gasteiger partial charge < -0.3 is 10.2 Å². The molecule has 0 aliphatic heterocycles. The highest BCUT2D eigenvalue weighted by Gasteiger charge is 2.18. The average molecular weight is 301 g/mol. The van der Waals surface area contributed by atoms with Gasteiger partial charge in [0.15, 0.2) is 0 Å². The summed E-state index contributed by atoms with van der Waals surface area (Å²) in [6.07, 6.45) is 0.0168. The third-order valence-electron chi connectivity index (χ3n) is 2.58. The van der Waals surface area contributed by atoms with Crippen molar-refractivity contribution in [2.45, 2.75) is 24.7 Å². The SMILES string of the molecule is Cc1ccc(C(=O)O)cc1S(=O)(=O)NCCCC(=O)O. The fourth-order valence-corrected chi connectivity index (χ4v) is 2.89. The number of aliphatic carboxylic acids is 1. The second-order valence-electron chi connectivity index (χ2n) is 4.18. The van der Waals surface area contributed by atoms with Gasteiger partial charge in [0.1, 0.15) is 0 Å². The molecule has 3 N–H and O–H groups in total. The van der Waals surface area contributed by atoms with E-state index in [1.807, 2.05) is 0 Å². The molecule has 1 aromatic rings. The molecule has 8 heteroatoms. The zero-order valence-electron chi connectivity index (χ0n) is 10.8. The number of carbonyl (C=O) groups is 2. The minimum Gasteiger partial charge on any atom is -0.481 e. The Morgan fingerprint density at radius 1 is 1.25 bits per heavy atom. The lowest BCUT2D eigenvalue weighted by Crippen LogP contribution is -2.26. The van der Waals surface area contributed by atoms with Crippen LogP contribution in [0.2, 0.25) is 0 Å². The van der Waals surface area contributed by atoms with E-state index >= 15 is 0 Å². The highest BCUT2D eigenvalue weighted by molar-refractivity contribution is 7.89. The number of carboxylic acids is 2. The Hall–Kier alpha value is -1.93. The summed E-state index contributed by atoms with van der Waals surface area (Å²) in [5.74, 6) is -2.22. The Balaban J connectivity index is 2.89. The van der Waals surface area contributed by atoms with Crippen molar-refractivity contribution < 1.29 is 28.2 Å². The van der Waals surface area contributed by atoms with Gasteiger partial charge in [-0.25, -0.2) is 17.9 Å². The van der Waals surface area contributed by atoms with Crippen molar-refractivity contribution in [3.05, 3.63) is 29.3 Å². The standard InChI is InChI=1S/C12H15NO6S/c1-8-4-5-9(12(16)17)7-10(8)20(18,19)13-6-2-3-11(14)15/h4-5,7,13H,2-3,6H2,1H3,(H,14,15)(H,16,17). The molecule has 0 aliphatic carbocycles. The Morgan fingerprint density at radius 3 is 2.45 bits per heavy atom. The number of rotatable bonds is 7. The predicted octanol–water partition coefficient (Wildman–Crippen LogP) is 0.836. The summed E-state index contributed by atoms with van der Waals surface area (Å²) in [7, 11) is -3.85. The molecule has 0 aliphatic rings. The van der Waals surface area contributed by atoms with E-state index in [1.54, 1.807) is 6.92 Å². The summed E-state index contributed by atoms with van der Waals surface area (Å²) in [4.78, 5) is 21.1. The van der Waals surface area contributed by atoms with Gasteiger partial charge >= 0.3 is 11.9 Å². The van der Waals surface area contributed by atoms with Gasteiger partial charge in [0.25, 0.3) is 0 Å². The number of aryl methyl sites for hydroxylation is 1. The van der Waals surface area contributed by atoms with Crippen LogP contribution in [0, 0.1) is 6.92 Å². The van der Waals surface area contributed by atoms with Crippen LogP contribution in [0.5, 0.6) is 0 Å². The van der Waals surface area contributed by atoms with Crippen molar-refractivity contribution >= 4 is 22.0 Å². The Kier molecular flexibility index (Phi) is 5.23. The van der Waals surface area contributed by atoms with Crippen LogP contribution in [0.25, 0.3) is 0 Å². The van der Waals surface area contributed by atoms with Crippen LogP contribution in [0.15, 0.2) is 23.1 Å². The number of hydrogen-bond donors (Lipinski definition) is 3. The molecule has 0 radical (unpaired) electrons. The number of nitrogens with one attached hydrogen (secondary N) is 1. The molecule has 0 heterocycles. The first kappa shape index (κ1) is 16.1. The second kappa shape index (κ2) is 6.49. The number of carboxylic acid groups (broad SMARTS) is 2. The number of hydrogen-bond acceptors (Lipinski definition) is 4. The molecule has 1 rings (SSSR count). The molecule has 1 aromatic carbocycles. The van der Waals surface area contributed by atoms with Crippen molar-refractivity contribution in [2.24, 2.45) is 0 Å². The van der Waals surface area contributed by atoms with Gasteiger partial charge in [-0.2, -0.15) is 0 Å². The smallest absolute Gasteiger partial charge is 0.335 e. The van der Waals surface area contributed by atoms with Gasteiger partial charge in [0, 0.05) is 13.0 Å². The molecule has 0 amide bonds. The number of aromatic carboxylic acids is 1. The van der Waals surface area contributed by atoms with Crippen LogP contribution in [0.3, 0.4) is 0 Å². The highest BCUT2D eigenvalue weighted by Crippen LogP contribution is 2.17. The van der Waals surface area contributed by atoms with Gasteiger partial charge in [-0.15, -0.1) is 0 Å². The zero-order valence-corrected chi connectivity index (χ0v) is 11.6. The maximum absolute atomic E-state index is 12.0. The molecule has 7 nitrogen and oxygen atoms in total. The molecule has 0 bridgehead atoms. The van der Waals surface area contributed by atoms with Gasteiger partial charge in [0.2, 0.25) is 10.0 Å². The van der Waals surface area contributed by atoms with Gasteiger partial charge in [-0.3, -0.25) is 4.79 Å². The molecule has 0 spiro atoms. The van der Waals surface area contributed by atoms with Gasteiger partial charge in [0.05, 0.1) is 10.5 Å². The first-order valence-electron chi connectivity index (χ1n) is 5.79. The molecular weight excluding hydrogens is 286 g/mol. The van der Waals surface area contributed by atoms with Crippen LogP contribution >= 0.6 is 0 Å². The van der Waals surface area contributed by atoms with Crippen LogP contribution in [-0.4, -0.2) is 37.1 Å². The molecule has 0 fully saturated rings. The summed E-state index contributed by atoms with van der Waals surface area (Å²) in [5, 5.41) is 17.3. The summed E-state index contributed by atoms with van der Waals surface area (Å²) < 4.78 is 26.3. The zero-order chi connectivity index (χ0) is 15.3. The van der Waals surface area contributed by atoms with E-state index in [-0.39, 0.29) is 29.8 Å². The third-order valence-corrected chi connectivity index (χ3v) is 4.19. The first-order valence-corrected chi connectivity index (χ1v) is 7.28. The molecular formula is C12H15NO6S. The van der Waals surface area contributed by atoms with Crippen molar-refractivity contribution in [2.75, 3.05) is 6.54 Å². The number of benzene rings is 1. The van der Waals surface area contributed by atoms with E-state index in [1.165, 1.54) is 12.1 Å². The largest absolute Gasteiger partial charge is 0.481 e. The maximum atomic E-state index is 12.0. The Morgan fingerprint density at radius 2 is 1.90 bits per heavy atom. The van der Waals surface area contributed by atoms with Crippen LogP contribution in [0.4, 0.5) is 0 Å². The lowest BCUT2D eigenvalue weighted by Gasteiger charge is -2.09. The van der Waals surface area contributed by atoms with E-state index in [9.17, 15) is 18.0 Å². The average Bonchev–Trinajstić information content (AvgIpc) is 2.34. The normalized spacial score (nSPS) is 11.2. The fourth-order valence-electron chi connectivity index (χ4n) is 1.55. The van der Waals surface area contributed by atoms with Crippen molar-refractivity contribution in [3.63, 3.8) is 0 Å². The second-order valence-corrected chi connectivity index (χ2v) is 5.92. The summed E-state index contributed by atoms with van der Waals surface area (Å²) in [6.45, 7) is 1.53. The molecule has 110 valence electrons. The highest BCUT2D eigenvalue weighted by atomic mass is 32.2. The first-order chi connectivity index (χ1) is 9.24. The Bertz CT molecular complexity index is 623. The Labute approximate surface area is 116 Å². The molecule has 0 unspecified atom stereocenters. The van der Waals surface area contributed by atoms with E-state index in [2.05, 4.69) is 4.72 Å². The van der Waals surface area contributed by atoms with Crippen LogP contribution < -0.4 is 4.72 Å². The minimum atomic E-state index is -3.85. The van der Waals surface area contributed by atoms with Gasteiger partial charge in [-0.1, -0.05) is 6.07 Å². The monoisotopic (exact) mass is 301 g/mol. The predicted molar refractivity (Wildman–Crippen MR) is 70.2 cm³/mol. The summed E-state index contributed by atoms with van der Waals surface area (Å²) in [5.41, 5.74) is 0.294. The molecule has 0 aromatic heterocycles. The van der Waals surface area contributed by atoms with Crippen LogP contribution in [0.1, 0.15) is 28.8 Å². The summed E-state index contributed by atoms with van der Waals surface area (Å²) >= 11 is 0. The molecule has 20 heavy (non-hydrogen) atoms. The fraction of sp³-hybridized carbons (Fsp3) is 0.333. The molecule has 0 atom stereocenters. The van der Waals surface area contributed by atoms with E-state index < -0.39 is 22.0 Å². The maximum Gasteiger partial charge on any atom is 0.335 e. The van der Waals surface area contributed by atoms with Crippen LogP contribution in [-0.2, 0) is 14.8 Å². The lowest BCUT2D eigenvalue weighted by atomic mass is 10.1. The lowest BCUT2D eigenvalue weighted by molar-refractivity contribution is -0.137. The molecule has 0 saturated carbocycles. The van der Waals surface area contributed by atoms with E-state index in [0.717, 1.165) is 6.07 Å². The minimum absolute atomic E-state index is 0.0224. The topological polar surface area (TPSA) is 121 Å². The van der Waals surface area contributed by atoms with Crippen molar-refractivity contribution in [3.8, 4) is 0 Å². The molecule has 0 saturated heterocycles. The van der Waals surface area contributed by atoms with E-state index in [4.69, 9.17) is 10.2 Å². The van der Waals surface area contributed by atoms with Crippen molar-refractivity contribution in [1.82, 2.24) is 4.72 Å². The number of sulfonamides is 1.